The van der Waals surface area contributed by atoms with Crippen molar-refractivity contribution in [3.63, 3.8) is 0 Å². The number of Topliss-reactive ketones (excluding diaryl/α,β-unsaturated/α-hetero) is 1. The van der Waals surface area contributed by atoms with Crippen molar-refractivity contribution in [2.75, 3.05) is 13.1 Å². The van der Waals surface area contributed by atoms with Gasteiger partial charge in [0.2, 0.25) is 0 Å². The minimum absolute atomic E-state index is 0.137. The highest BCUT2D eigenvalue weighted by Crippen LogP contribution is 2.16. The lowest BCUT2D eigenvalue weighted by molar-refractivity contribution is 0.0941. The van der Waals surface area contributed by atoms with Crippen LogP contribution in [0.1, 0.15) is 16.8 Å². The summed E-state index contributed by atoms with van der Waals surface area (Å²) in [4.78, 5) is 11.6. The van der Waals surface area contributed by atoms with Gasteiger partial charge < -0.3 is 5.32 Å². The van der Waals surface area contributed by atoms with Crippen molar-refractivity contribution in [3.8, 4) is 0 Å². The van der Waals surface area contributed by atoms with Gasteiger partial charge in [0, 0.05) is 6.42 Å². The van der Waals surface area contributed by atoms with Crippen molar-refractivity contribution < 1.29 is 13.6 Å². The average Bonchev–Trinajstić information content (AvgIpc) is 2.15. The maximum atomic E-state index is 13.2. The molecule has 0 spiro atoms. The van der Waals surface area contributed by atoms with Crippen LogP contribution in [-0.2, 0) is 0 Å². The summed E-state index contributed by atoms with van der Waals surface area (Å²) in [5.41, 5.74) is -0.137. The van der Waals surface area contributed by atoms with Gasteiger partial charge in [-0.3, -0.25) is 4.79 Å². The second-order valence-corrected chi connectivity index (χ2v) is 3.78. The molecule has 0 aliphatic carbocycles. The molecule has 1 fully saturated rings. The molecule has 0 bridgehead atoms. The molecule has 1 aromatic carbocycles. The molecule has 0 radical (unpaired) electrons. The lowest BCUT2D eigenvalue weighted by Crippen LogP contribution is -2.43. The monoisotopic (exact) mass is 211 g/mol. The number of benzene rings is 1. The van der Waals surface area contributed by atoms with Crippen LogP contribution in [0.4, 0.5) is 8.78 Å². The minimum atomic E-state index is -0.645. The van der Waals surface area contributed by atoms with E-state index in [0.29, 0.717) is 0 Å². The Morgan fingerprint density at radius 2 is 2.13 bits per heavy atom. The van der Waals surface area contributed by atoms with Crippen LogP contribution in [0.2, 0.25) is 0 Å². The Morgan fingerprint density at radius 1 is 1.40 bits per heavy atom. The molecule has 0 amide bonds. The number of ketones is 1. The molecular formula is C11H11F2NO. The molecule has 2 nitrogen and oxygen atoms in total. The largest absolute Gasteiger partial charge is 0.316 e. The molecule has 0 saturated carbocycles. The summed E-state index contributed by atoms with van der Waals surface area (Å²) in [6, 6.07) is 2.96. The second kappa shape index (κ2) is 4.06. The van der Waals surface area contributed by atoms with E-state index < -0.39 is 11.6 Å². The Labute approximate surface area is 86.3 Å². The third kappa shape index (κ3) is 2.21. The van der Waals surface area contributed by atoms with E-state index in [9.17, 15) is 13.6 Å². The Bertz CT molecular complexity index is 388. The average molecular weight is 211 g/mol. The summed E-state index contributed by atoms with van der Waals surface area (Å²) in [7, 11) is 0. The maximum Gasteiger partial charge on any atom is 0.166 e. The normalized spacial score (nSPS) is 16.1. The summed E-state index contributed by atoms with van der Waals surface area (Å²) >= 11 is 0. The molecule has 1 aromatic rings. The summed E-state index contributed by atoms with van der Waals surface area (Å²) in [6.45, 7) is 1.56. The summed E-state index contributed by atoms with van der Waals surface area (Å²) in [5, 5.41) is 3.02. The van der Waals surface area contributed by atoms with Crippen LogP contribution in [-0.4, -0.2) is 18.9 Å². The highest BCUT2D eigenvalue weighted by molar-refractivity contribution is 5.96. The molecule has 4 heteroatoms. The molecule has 2 rings (SSSR count). The zero-order valence-electron chi connectivity index (χ0n) is 8.09. The SMILES string of the molecule is O=C(CC1CNC1)c1cc(F)ccc1F. The highest BCUT2D eigenvalue weighted by Gasteiger charge is 2.22. The first kappa shape index (κ1) is 10.2. The lowest BCUT2D eigenvalue weighted by Gasteiger charge is -2.26. The van der Waals surface area contributed by atoms with Crippen molar-refractivity contribution in [3.05, 3.63) is 35.4 Å². The smallest absolute Gasteiger partial charge is 0.166 e. The molecule has 1 aliphatic heterocycles. The molecule has 1 heterocycles. The quantitative estimate of drug-likeness (QED) is 0.772. The number of halogens is 2. The van der Waals surface area contributed by atoms with Crippen LogP contribution in [0.15, 0.2) is 18.2 Å². The first-order chi connectivity index (χ1) is 7.16. The van der Waals surface area contributed by atoms with Crippen LogP contribution < -0.4 is 5.32 Å². The van der Waals surface area contributed by atoms with E-state index in [4.69, 9.17) is 0 Å². The van der Waals surface area contributed by atoms with E-state index in [1.54, 1.807) is 0 Å². The Hall–Kier alpha value is -1.29. The zero-order chi connectivity index (χ0) is 10.8. The molecule has 0 aromatic heterocycles. The number of carbonyl (C=O) groups excluding carboxylic acids is 1. The van der Waals surface area contributed by atoms with Crippen molar-refractivity contribution in [1.82, 2.24) is 5.32 Å². The minimum Gasteiger partial charge on any atom is -0.316 e. The van der Waals surface area contributed by atoms with Crippen LogP contribution in [0.5, 0.6) is 0 Å². The van der Waals surface area contributed by atoms with Crippen molar-refractivity contribution in [1.29, 1.82) is 0 Å². The van der Waals surface area contributed by atoms with Crippen molar-refractivity contribution in [2.45, 2.75) is 6.42 Å². The number of hydrogen-bond donors (Lipinski definition) is 1. The fourth-order valence-electron chi connectivity index (χ4n) is 1.58. The molecule has 80 valence electrons. The van der Waals surface area contributed by atoms with E-state index >= 15 is 0 Å². The molecular weight excluding hydrogens is 200 g/mol. The highest BCUT2D eigenvalue weighted by atomic mass is 19.1. The predicted octanol–water partition coefficient (Wildman–Crippen LogP) is 1.76. The number of nitrogens with one attached hydrogen (secondary N) is 1. The van der Waals surface area contributed by atoms with Gasteiger partial charge in [0.25, 0.3) is 0 Å². The number of rotatable bonds is 3. The van der Waals surface area contributed by atoms with Crippen LogP contribution in [0.3, 0.4) is 0 Å². The van der Waals surface area contributed by atoms with Gasteiger partial charge in [-0.05, 0) is 37.2 Å². The number of hydrogen-bond acceptors (Lipinski definition) is 2. The molecule has 0 atom stereocenters. The van der Waals surface area contributed by atoms with Gasteiger partial charge in [0.15, 0.2) is 5.78 Å². The van der Waals surface area contributed by atoms with Gasteiger partial charge in [-0.2, -0.15) is 0 Å². The lowest BCUT2D eigenvalue weighted by atomic mass is 9.93. The molecule has 1 saturated heterocycles. The van der Waals surface area contributed by atoms with Crippen molar-refractivity contribution in [2.24, 2.45) is 5.92 Å². The second-order valence-electron chi connectivity index (χ2n) is 3.78. The van der Waals surface area contributed by atoms with E-state index in [0.717, 1.165) is 31.3 Å². The van der Waals surface area contributed by atoms with E-state index in [2.05, 4.69) is 5.32 Å². The summed E-state index contributed by atoms with van der Waals surface area (Å²) < 4.78 is 26.0. The van der Waals surface area contributed by atoms with E-state index in [1.165, 1.54) is 0 Å². The standard InChI is InChI=1S/C11H11F2NO/c12-8-1-2-10(13)9(4-8)11(15)3-7-5-14-6-7/h1-2,4,7,14H,3,5-6H2. The van der Waals surface area contributed by atoms with Gasteiger partial charge in [-0.15, -0.1) is 0 Å². The van der Waals surface area contributed by atoms with Crippen LogP contribution >= 0.6 is 0 Å². The molecule has 15 heavy (non-hydrogen) atoms. The predicted molar refractivity (Wildman–Crippen MR) is 51.7 cm³/mol. The number of carbonyl (C=O) groups is 1. The fraction of sp³-hybridized carbons (Fsp3) is 0.364. The van der Waals surface area contributed by atoms with E-state index in [-0.39, 0.29) is 23.7 Å². The van der Waals surface area contributed by atoms with Crippen LogP contribution in [0.25, 0.3) is 0 Å². The van der Waals surface area contributed by atoms with Crippen molar-refractivity contribution >= 4 is 5.78 Å². The Balaban J connectivity index is 2.12. The fourth-order valence-corrected chi connectivity index (χ4v) is 1.58. The summed E-state index contributed by atoms with van der Waals surface area (Å²) in [5.74, 6) is -1.28. The van der Waals surface area contributed by atoms with E-state index in [1.807, 2.05) is 0 Å². The maximum absolute atomic E-state index is 13.2. The van der Waals surface area contributed by atoms with Gasteiger partial charge in [0.1, 0.15) is 11.6 Å². The van der Waals surface area contributed by atoms with Gasteiger partial charge >= 0.3 is 0 Å². The third-order valence-electron chi connectivity index (χ3n) is 2.57. The van der Waals surface area contributed by atoms with Crippen LogP contribution in [0, 0.1) is 17.6 Å². The zero-order valence-corrected chi connectivity index (χ0v) is 8.09. The first-order valence-corrected chi connectivity index (χ1v) is 4.86. The Morgan fingerprint density at radius 3 is 2.73 bits per heavy atom. The first-order valence-electron chi connectivity index (χ1n) is 4.86. The molecule has 1 aliphatic rings. The van der Waals surface area contributed by atoms with Gasteiger partial charge in [0.05, 0.1) is 5.56 Å². The molecule has 1 N–H and O–H groups in total. The third-order valence-corrected chi connectivity index (χ3v) is 2.57. The Kier molecular flexibility index (Phi) is 2.77. The topological polar surface area (TPSA) is 29.1 Å². The van der Waals surface area contributed by atoms with Gasteiger partial charge in [-0.25, -0.2) is 8.78 Å². The van der Waals surface area contributed by atoms with Gasteiger partial charge in [-0.1, -0.05) is 0 Å². The summed E-state index contributed by atoms with van der Waals surface area (Å²) in [6.07, 6.45) is 0.285. The molecule has 0 unspecified atom stereocenters.